The molecule has 0 radical (unpaired) electrons. The van der Waals surface area contributed by atoms with E-state index < -0.39 is 0 Å². The van der Waals surface area contributed by atoms with E-state index in [0.29, 0.717) is 36.1 Å². The number of thiophene rings is 4. The Morgan fingerprint density at radius 2 is 0.525 bits per heavy atom. The summed E-state index contributed by atoms with van der Waals surface area (Å²) < 4.78 is 0. The van der Waals surface area contributed by atoms with Crippen LogP contribution in [0, 0.1) is 25.7 Å². The minimum Gasteiger partial charge on any atom is -0.306 e. The molecule has 0 saturated carbocycles. The van der Waals surface area contributed by atoms with Crippen molar-refractivity contribution in [2.24, 2.45) is 11.8 Å². The van der Waals surface area contributed by atoms with E-state index in [-0.39, 0.29) is 11.8 Å². The zero-order valence-electron chi connectivity index (χ0n) is 51.8. The van der Waals surface area contributed by atoms with Crippen LogP contribution in [-0.2, 0) is 9.59 Å². The molecule has 8 heteroatoms. The summed E-state index contributed by atoms with van der Waals surface area (Å²) in [6.45, 7) is 15.0. The number of amides is 2. The van der Waals surface area contributed by atoms with Crippen molar-refractivity contribution in [2.75, 3.05) is 13.1 Å². The van der Waals surface area contributed by atoms with Gasteiger partial charge in [0.25, 0.3) is 11.8 Å². The van der Waals surface area contributed by atoms with Crippen LogP contribution in [0.3, 0.4) is 0 Å². The Labute approximate surface area is 506 Å². The first-order valence-corrected chi connectivity index (χ1v) is 37.0. The van der Waals surface area contributed by atoms with Gasteiger partial charge in [0.15, 0.2) is 0 Å². The average Bonchev–Trinajstić information content (AvgIpc) is 4.38. The molecule has 0 aliphatic carbocycles. The number of nitrogens with zero attached hydrogens (tertiary/aromatic N) is 2. The molecule has 0 aromatic carbocycles. The zero-order chi connectivity index (χ0) is 56.6. The fraction of sp³-hybridized carbons (Fsp3) is 0.694. The monoisotopic (exact) mass is 1160 g/mol. The summed E-state index contributed by atoms with van der Waals surface area (Å²) in [4.78, 5) is 46.1. The summed E-state index contributed by atoms with van der Waals surface area (Å²) in [7, 11) is 0. The van der Waals surface area contributed by atoms with Crippen molar-refractivity contribution in [3.8, 4) is 19.5 Å². The lowest BCUT2D eigenvalue weighted by atomic mass is 9.93. The molecule has 6 rings (SSSR count). The van der Waals surface area contributed by atoms with Crippen molar-refractivity contribution in [3.05, 3.63) is 79.2 Å². The molecule has 2 atom stereocenters. The molecule has 0 fully saturated rings. The number of fused-ring (bicyclic) bond motifs is 1. The molecule has 0 spiro atoms. The van der Waals surface area contributed by atoms with Gasteiger partial charge in [-0.25, -0.2) is 0 Å². The highest BCUT2D eigenvalue weighted by Crippen LogP contribution is 2.51. The molecule has 2 amide bonds. The Balaban J connectivity index is 1.32. The Kier molecular flexibility index (Phi) is 32.3. The van der Waals surface area contributed by atoms with Gasteiger partial charge in [-0.1, -0.05) is 259 Å². The summed E-state index contributed by atoms with van der Waals surface area (Å²) in [5.41, 5.74) is 3.14. The molecule has 0 N–H and O–H groups in total. The van der Waals surface area contributed by atoms with Crippen LogP contribution in [0.1, 0.15) is 304 Å². The molecular weight excluding hydrogens is 1050 g/mol. The van der Waals surface area contributed by atoms with Crippen LogP contribution in [0.2, 0.25) is 0 Å². The molecule has 446 valence electrons. The van der Waals surface area contributed by atoms with E-state index in [1.54, 1.807) is 22.7 Å². The highest BCUT2D eigenvalue weighted by atomic mass is 32.1. The standard InChI is InChI=1S/C72H112N2O2S4/c1-7-11-15-19-23-27-29-33-37-41-45-59(43-39-35-31-25-21-17-13-9-3)55-73-69(65-53-51-63(79-65)61-49-47-57(5)77-61)67-68(71(73)75)70(66-54-52-64(80-66)62-50-48-58(6)78-62)74(72(67)76)56-60(44-40-36-32-26-22-18-14-10-4)46-42-38-34-30-28-24-20-16-12-8-2/h47-54,59-60H,7-46,55-56H2,1-6H3. The van der Waals surface area contributed by atoms with E-state index in [4.69, 9.17) is 0 Å². The van der Waals surface area contributed by atoms with Crippen molar-refractivity contribution < 1.29 is 9.59 Å². The van der Waals surface area contributed by atoms with E-state index in [1.807, 2.05) is 22.7 Å². The van der Waals surface area contributed by atoms with Crippen molar-refractivity contribution in [3.63, 3.8) is 0 Å². The molecular formula is C72H112N2O2S4. The summed E-state index contributed by atoms with van der Waals surface area (Å²) in [6.07, 6.45) is 52.1. The molecule has 0 bridgehead atoms. The van der Waals surface area contributed by atoms with Crippen LogP contribution in [-0.4, -0.2) is 34.7 Å². The minimum atomic E-state index is 0.0583. The second-order valence-corrected chi connectivity index (χ2v) is 29.4. The maximum absolute atomic E-state index is 16.0. The van der Waals surface area contributed by atoms with E-state index >= 15 is 9.59 Å². The number of carbonyl (C=O) groups excluding carboxylic acids is 2. The van der Waals surface area contributed by atoms with Gasteiger partial charge in [0.05, 0.1) is 32.3 Å². The number of unbranched alkanes of at least 4 members (excludes halogenated alkanes) is 32. The number of aryl methyl sites for hydroxylation is 2. The first-order chi connectivity index (χ1) is 39.3. The third kappa shape index (κ3) is 22.0. The van der Waals surface area contributed by atoms with Gasteiger partial charge in [-0.15, -0.1) is 45.3 Å². The molecule has 4 aromatic rings. The minimum absolute atomic E-state index is 0.0583. The van der Waals surface area contributed by atoms with Gasteiger partial charge in [-0.3, -0.25) is 9.59 Å². The third-order valence-electron chi connectivity index (χ3n) is 17.6. The number of rotatable bonds is 48. The quantitative estimate of drug-likeness (QED) is 0.0414. The maximum Gasteiger partial charge on any atom is 0.261 e. The fourth-order valence-corrected chi connectivity index (χ4v) is 16.8. The second-order valence-electron chi connectivity index (χ2n) is 24.6. The fourth-order valence-electron chi connectivity index (χ4n) is 12.7. The SMILES string of the molecule is CCCCCCCCCCCCC(CCCCCCCCCC)CN1C(=O)C2=C(c3ccc(-c4ccc(C)s4)s3)N(CC(CCCCCCCCCC)CCCCCCCCCCCC)C(=O)C2=C1c1ccc(-c2ccc(C)s2)s1. The lowest BCUT2D eigenvalue weighted by Crippen LogP contribution is -2.34. The van der Waals surface area contributed by atoms with Gasteiger partial charge in [0.2, 0.25) is 0 Å². The molecule has 4 aromatic heterocycles. The number of carbonyl (C=O) groups is 2. The molecule has 80 heavy (non-hydrogen) atoms. The molecule has 4 nitrogen and oxygen atoms in total. The van der Waals surface area contributed by atoms with Gasteiger partial charge in [0.1, 0.15) is 0 Å². The van der Waals surface area contributed by atoms with Crippen LogP contribution in [0.5, 0.6) is 0 Å². The molecule has 2 unspecified atom stereocenters. The summed E-state index contributed by atoms with van der Waals surface area (Å²) in [5.74, 6) is 0.903. The highest BCUT2D eigenvalue weighted by Gasteiger charge is 2.50. The van der Waals surface area contributed by atoms with Gasteiger partial charge < -0.3 is 9.80 Å². The predicted molar refractivity (Wildman–Crippen MR) is 356 cm³/mol. The zero-order valence-corrected chi connectivity index (χ0v) is 55.1. The van der Waals surface area contributed by atoms with Crippen LogP contribution in [0.4, 0.5) is 0 Å². The van der Waals surface area contributed by atoms with Crippen LogP contribution >= 0.6 is 45.3 Å². The van der Waals surface area contributed by atoms with Gasteiger partial charge in [-0.2, -0.15) is 0 Å². The van der Waals surface area contributed by atoms with Crippen molar-refractivity contribution >= 4 is 68.6 Å². The Hall–Kier alpha value is -2.78. The van der Waals surface area contributed by atoms with Crippen molar-refractivity contribution in [1.29, 1.82) is 0 Å². The van der Waals surface area contributed by atoms with Crippen LogP contribution in [0.15, 0.2) is 59.7 Å². The van der Waals surface area contributed by atoms with E-state index in [1.165, 1.54) is 260 Å². The van der Waals surface area contributed by atoms with E-state index in [0.717, 1.165) is 46.8 Å². The largest absolute Gasteiger partial charge is 0.306 e. The summed E-state index contributed by atoms with van der Waals surface area (Å²) in [5, 5.41) is 0. The highest BCUT2D eigenvalue weighted by molar-refractivity contribution is 7.23. The number of hydrogen-bond acceptors (Lipinski definition) is 6. The third-order valence-corrected chi connectivity index (χ3v) is 22.1. The first-order valence-electron chi connectivity index (χ1n) is 33.7. The molecule has 2 aliphatic heterocycles. The lowest BCUT2D eigenvalue weighted by molar-refractivity contribution is -0.124. The second kappa shape index (κ2) is 39.0. The number of hydrogen-bond donors (Lipinski definition) is 0. The van der Waals surface area contributed by atoms with E-state index in [9.17, 15) is 0 Å². The normalized spacial score (nSPS) is 14.5. The summed E-state index contributed by atoms with van der Waals surface area (Å²) in [6, 6.07) is 17.9. The Morgan fingerprint density at radius 1 is 0.300 bits per heavy atom. The Morgan fingerprint density at radius 3 is 0.775 bits per heavy atom. The molecule has 6 heterocycles. The van der Waals surface area contributed by atoms with Crippen LogP contribution < -0.4 is 0 Å². The van der Waals surface area contributed by atoms with Crippen molar-refractivity contribution in [2.45, 2.75) is 298 Å². The first kappa shape index (κ1) is 66.4. The average molecular weight is 1170 g/mol. The summed E-state index contributed by atoms with van der Waals surface area (Å²) >= 11 is 7.22. The van der Waals surface area contributed by atoms with Gasteiger partial charge in [0, 0.05) is 42.4 Å². The van der Waals surface area contributed by atoms with Crippen molar-refractivity contribution in [1.82, 2.24) is 9.80 Å². The van der Waals surface area contributed by atoms with Gasteiger partial charge >= 0.3 is 0 Å². The topological polar surface area (TPSA) is 40.6 Å². The smallest absolute Gasteiger partial charge is 0.261 e. The molecule has 2 aliphatic rings. The van der Waals surface area contributed by atoms with Crippen LogP contribution in [0.25, 0.3) is 30.9 Å². The maximum atomic E-state index is 16.0. The lowest BCUT2D eigenvalue weighted by Gasteiger charge is -2.29. The molecule has 0 saturated heterocycles. The Bertz CT molecular complexity index is 2230. The van der Waals surface area contributed by atoms with E-state index in [2.05, 4.69) is 99.9 Å². The van der Waals surface area contributed by atoms with Gasteiger partial charge in [-0.05, 0) is 99.9 Å². The predicted octanol–water partition coefficient (Wildman–Crippen LogP) is 24.6.